The van der Waals surface area contributed by atoms with Crippen molar-refractivity contribution in [2.45, 2.75) is 18.5 Å². The van der Waals surface area contributed by atoms with Crippen molar-refractivity contribution in [1.82, 2.24) is 15.7 Å². The number of nitrogens with zero attached hydrogens (tertiary/aromatic N) is 1. The zero-order valence-corrected chi connectivity index (χ0v) is 7.95. The minimum atomic E-state index is -0.444. The molecular weight excluding hydrogens is 186 g/mol. The van der Waals surface area contributed by atoms with E-state index in [1.165, 1.54) is 0 Å². The molecule has 2 rings (SSSR count). The number of amides is 2. The van der Waals surface area contributed by atoms with Crippen molar-refractivity contribution in [3.63, 3.8) is 0 Å². The van der Waals surface area contributed by atoms with Gasteiger partial charge in [-0.3, -0.25) is 14.4 Å². The van der Waals surface area contributed by atoms with Gasteiger partial charge in [-0.15, -0.1) is 0 Å². The van der Waals surface area contributed by atoms with Gasteiger partial charge in [0.25, 0.3) is 5.91 Å². The van der Waals surface area contributed by atoms with E-state index in [-0.39, 0.29) is 24.5 Å². The average molecular weight is 199 g/mol. The number of hydrogen-bond donors (Lipinski definition) is 2. The SMILES string of the molecule is CNC1CCN(C2CONC2=O)C1=O. The van der Waals surface area contributed by atoms with Crippen LogP contribution in [-0.2, 0) is 14.4 Å². The number of hydroxylamine groups is 1. The molecule has 2 fully saturated rings. The van der Waals surface area contributed by atoms with Gasteiger partial charge in [0, 0.05) is 6.54 Å². The summed E-state index contributed by atoms with van der Waals surface area (Å²) < 4.78 is 0. The maximum Gasteiger partial charge on any atom is 0.268 e. The third-order valence-electron chi connectivity index (χ3n) is 2.68. The van der Waals surface area contributed by atoms with E-state index in [0.717, 1.165) is 6.42 Å². The molecule has 2 N–H and O–H groups in total. The molecule has 0 aliphatic carbocycles. The van der Waals surface area contributed by atoms with Crippen LogP contribution in [0.1, 0.15) is 6.42 Å². The van der Waals surface area contributed by atoms with Crippen LogP contribution in [0.2, 0.25) is 0 Å². The Bertz CT molecular complexity index is 269. The first-order valence-electron chi connectivity index (χ1n) is 4.63. The molecule has 2 atom stereocenters. The molecule has 0 aromatic heterocycles. The van der Waals surface area contributed by atoms with Gasteiger partial charge in [0.15, 0.2) is 0 Å². The largest absolute Gasteiger partial charge is 0.327 e. The quantitative estimate of drug-likeness (QED) is 0.552. The highest BCUT2D eigenvalue weighted by Gasteiger charge is 2.40. The molecule has 6 nitrogen and oxygen atoms in total. The molecule has 78 valence electrons. The molecule has 2 saturated heterocycles. The van der Waals surface area contributed by atoms with E-state index < -0.39 is 6.04 Å². The third-order valence-corrected chi connectivity index (χ3v) is 2.68. The average Bonchev–Trinajstić information content (AvgIpc) is 2.72. The predicted octanol–water partition coefficient (Wildman–Crippen LogP) is -1.76. The van der Waals surface area contributed by atoms with E-state index in [0.29, 0.717) is 6.54 Å². The molecule has 2 amide bonds. The highest BCUT2D eigenvalue weighted by molar-refractivity contribution is 5.91. The second-order valence-corrected chi connectivity index (χ2v) is 3.45. The molecule has 6 heteroatoms. The molecule has 0 spiro atoms. The molecule has 0 saturated carbocycles. The van der Waals surface area contributed by atoms with Gasteiger partial charge in [0.1, 0.15) is 12.6 Å². The highest BCUT2D eigenvalue weighted by Crippen LogP contribution is 2.16. The Kier molecular flexibility index (Phi) is 2.39. The van der Waals surface area contributed by atoms with Crippen LogP contribution in [-0.4, -0.2) is 49.0 Å². The topological polar surface area (TPSA) is 70.7 Å². The van der Waals surface area contributed by atoms with Crippen LogP contribution >= 0.6 is 0 Å². The molecule has 0 bridgehead atoms. The molecule has 14 heavy (non-hydrogen) atoms. The van der Waals surface area contributed by atoms with Crippen LogP contribution in [0.4, 0.5) is 0 Å². The van der Waals surface area contributed by atoms with Crippen molar-refractivity contribution >= 4 is 11.8 Å². The van der Waals surface area contributed by atoms with Gasteiger partial charge in [-0.25, -0.2) is 5.48 Å². The normalized spacial score (nSPS) is 32.5. The zero-order chi connectivity index (χ0) is 10.1. The highest BCUT2D eigenvalue weighted by atomic mass is 16.7. The number of rotatable bonds is 2. The van der Waals surface area contributed by atoms with E-state index in [4.69, 9.17) is 4.84 Å². The zero-order valence-electron chi connectivity index (χ0n) is 7.95. The van der Waals surface area contributed by atoms with Crippen LogP contribution in [0.3, 0.4) is 0 Å². The van der Waals surface area contributed by atoms with Crippen LogP contribution < -0.4 is 10.8 Å². The van der Waals surface area contributed by atoms with Crippen LogP contribution in [0.5, 0.6) is 0 Å². The van der Waals surface area contributed by atoms with Gasteiger partial charge in [0.05, 0.1) is 6.04 Å². The van der Waals surface area contributed by atoms with Crippen LogP contribution in [0.15, 0.2) is 0 Å². The fraction of sp³-hybridized carbons (Fsp3) is 0.750. The molecule has 0 aromatic rings. The summed E-state index contributed by atoms with van der Waals surface area (Å²) in [6.07, 6.45) is 0.749. The smallest absolute Gasteiger partial charge is 0.268 e. The Labute approximate surface area is 81.5 Å². The Hall–Kier alpha value is -1.14. The first kappa shape index (κ1) is 9.42. The predicted molar refractivity (Wildman–Crippen MR) is 47.1 cm³/mol. The number of carbonyl (C=O) groups excluding carboxylic acids is 2. The van der Waals surface area contributed by atoms with Gasteiger partial charge >= 0.3 is 0 Å². The van der Waals surface area contributed by atoms with Gasteiger partial charge in [0.2, 0.25) is 5.91 Å². The molecule has 0 radical (unpaired) electrons. The molecule has 2 aliphatic rings. The second-order valence-electron chi connectivity index (χ2n) is 3.45. The lowest BCUT2D eigenvalue weighted by Gasteiger charge is -2.20. The summed E-state index contributed by atoms with van der Waals surface area (Å²) in [7, 11) is 1.75. The van der Waals surface area contributed by atoms with Gasteiger partial charge in [-0.1, -0.05) is 0 Å². The van der Waals surface area contributed by atoms with E-state index in [1.54, 1.807) is 11.9 Å². The second kappa shape index (κ2) is 3.55. The number of likely N-dealkylation sites (N-methyl/N-ethyl adjacent to an activating group) is 1. The van der Waals surface area contributed by atoms with Gasteiger partial charge < -0.3 is 10.2 Å². The van der Waals surface area contributed by atoms with Crippen molar-refractivity contribution in [2.24, 2.45) is 0 Å². The van der Waals surface area contributed by atoms with Crippen molar-refractivity contribution in [1.29, 1.82) is 0 Å². The molecule has 2 aliphatic heterocycles. The minimum absolute atomic E-state index is 0.0156. The first-order chi connectivity index (χ1) is 6.74. The monoisotopic (exact) mass is 199 g/mol. The summed E-state index contributed by atoms with van der Waals surface area (Å²) in [6.45, 7) is 0.868. The van der Waals surface area contributed by atoms with Crippen molar-refractivity contribution in [2.75, 3.05) is 20.2 Å². The number of nitrogens with one attached hydrogen (secondary N) is 2. The summed E-state index contributed by atoms with van der Waals surface area (Å²) >= 11 is 0. The fourth-order valence-electron chi connectivity index (χ4n) is 1.85. The number of likely N-dealkylation sites (tertiary alicyclic amines) is 1. The first-order valence-corrected chi connectivity index (χ1v) is 4.63. The summed E-state index contributed by atoms with van der Waals surface area (Å²) in [5, 5.41) is 2.92. The Morgan fingerprint density at radius 3 is 2.86 bits per heavy atom. The van der Waals surface area contributed by atoms with Gasteiger partial charge in [-0.2, -0.15) is 0 Å². The third kappa shape index (κ3) is 1.36. The minimum Gasteiger partial charge on any atom is -0.327 e. The standard InChI is InChI=1S/C8H13N3O3/c1-9-5-2-3-11(8(5)13)6-4-14-10-7(6)12/h5-6,9H,2-4H2,1H3,(H,10,12). The Balaban J connectivity index is 2.05. The lowest BCUT2D eigenvalue weighted by atomic mass is 10.2. The van der Waals surface area contributed by atoms with Crippen molar-refractivity contribution in [3.8, 4) is 0 Å². The van der Waals surface area contributed by atoms with E-state index in [1.807, 2.05) is 0 Å². The summed E-state index contributed by atoms with van der Waals surface area (Å²) in [4.78, 5) is 29.3. The maximum absolute atomic E-state index is 11.7. The lowest BCUT2D eigenvalue weighted by molar-refractivity contribution is -0.136. The van der Waals surface area contributed by atoms with Crippen molar-refractivity contribution in [3.05, 3.63) is 0 Å². The Morgan fingerprint density at radius 2 is 2.36 bits per heavy atom. The molecule has 2 heterocycles. The van der Waals surface area contributed by atoms with Crippen LogP contribution in [0, 0.1) is 0 Å². The van der Waals surface area contributed by atoms with E-state index in [2.05, 4.69) is 10.8 Å². The van der Waals surface area contributed by atoms with E-state index in [9.17, 15) is 9.59 Å². The van der Waals surface area contributed by atoms with Crippen LogP contribution in [0.25, 0.3) is 0 Å². The maximum atomic E-state index is 11.7. The van der Waals surface area contributed by atoms with Crippen molar-refractivity contribution < 1.29 is 14.4 Å². The summed E-state index contributed by atoms with van der Waals surface area (Å²) in [5.41, 5.74) is 2.25. The number of carbonyl (C=O) groups is 2. The summed E-state index contributed by atoms with van der Waals surface area (Å²) in [5.74, 6) is -0.242. The fourth-order valence-corrected chi connectivity index (χ4v) is 1.85. The lowest BCUT2D eigenvalue weighted by Crippen LogP contribution is -2.46. The number of hydrogen-bond acceptors (Lipinski definition) is 4. The molecule has 0 aromatic carbocycles. The summed E-state index contributed by atoms with van der Waals surface area (Å²) in [6, 6.07) is -0.593. The van der Waals surface area contributed by atoms with Gasteiger partial charge in [-0.05, 0) is 13.5 Å². The van der Waals surface area contributed by atoms with E-state index >= 15 is 0 Å². The molecular formula is C8H13N3O3. The Morgan fingerprint density at radius 1 is 1.57 bits per heavy atom. The molecule has 2 unspecified atom stereocenters.